The van der Waals surface area contributed by atoms with E-state index in [0.29, 0.717) is 5.92 Å². The van der Waals surface area contributed by atoms with E-state index < -0.39 is 5.97 Å². The van der Waals surface area contributed by atoms with Crippen LogP contribution >= 0.6 is 0 Å². The summed E-state index contributed by atoms with van der Waals surface area (Å²) in [7, 11) is 2.11. The molecule has 0 saturated carbocycles. The van der Waals surface area contributed by atoms with Crippen molar-refractivity contribution in [3.63, 3.8) is 0 Å². The van der Waals surface area contributed by atoms with Gasteiger partial charge in [0, 0.05) is 13.1 Å². The van der Waals surface area contributed by atoms with Gasteiger partial charge in [0.1, 0.15) is 6.04 Å². The molecule has 0 aromatic carbocycles. The van der Waals surface area contributed by atoms with Crippen molar-refractivity contribution in [1.29, 1.82) is 0 Å². The van der Waals surface area contributed by atoms with E-state index in [2.05, 4.69) is 16.8 Å². The molecule has 0 radical (unpaired) electrons. The third kappa shape index (κ3) is 2.32. The Morgan fingerprint density at radius 1 is 1.27 bits per heavy atom. The van der Waals surface area contributed by atoms with E-state index in [-0.39, 0.29) is 6.04 Å². The Labute approximate surface area is 90.9 Å². The van der Waals surface area contributed by atoms with Gasteiger partial charge in [-0.1, -0.05) is 0 Å². The molecule has 0 amide bonds. The molecule has 2 heterocycles. The molecule has 15 heavy (non-hydrogen) atoms. The van der Waals surface area contributed by atoms with Gasteiger partial charge < -0.3 is 10.0 Å². The summed E-state index contributed by atoms with van der Waals surface area (Å²) in [5, 5.41) is 9.27. The fourth-order valence-electron chi connectivity index (χ4n) is 2.62. The van der Waals surface area contributed by atoms with E-state index in [1.54, 1.807) is 0 Å². The molecule has 2 aliphatic rings. The number of nitrogens with zero attached hydrogens (tertiary/aromatic N) is 2. The lowest BCUT2D eigenvalue weighted by Gasteiger charge is -2.42. The number of rotatable bonds is 3. The zero-order valence-corrected chi connectivity index (χ0v) is 9.35. The highest BCUT2D eigenvalue weighted by Crippen LogP contribution is 2.26. The van der Waals surface area contributed by atoms with Gasteiger partial charge >= 0.3 is 5.97 Å². The van der Waals surface area contributed by atoms with E-state index in [9.17, 15) is 9.90 Å². The molecule has 2 aliphatic heterocycles. The number of carboxylic acid groups (broad SMARTS) is 1. The second kappa shape index (κ2) is 4.49. The Bertz CT molecular complexity index is 233. The molecule has 0 aliphatic carbocycles. The standard InChI is InChI=1S/C11H20N2O2/c1-12-7-3-9(4-8-12)10(11(14)15)13-5-2-6-13/h9-10H,2-8H2,1H3,(H,14,15). The largest absolute Gasteiger partial charge is 0.480 e. The number of hydrogen-bond acceptors (Lipinski definition) is 3. The first-order valence-electron chi connectivity index (χ1n) is 5.84. The molecule has 0 aromatic rings. The van der Waals surface area contributed by atoms with Crippen molar-refractivity contribution < 1.29 is 9.90 Å². The smallest absolute Gasteiger partial charge is 0.321 e. The molecular formula is C11H20N2O2. The summed E-state index contributed by atoms with van der Waals surface area (Å²) in [6.45, 7) is 4.04. The Hall–Kier alpha value is -0.610. The van der Waals surface area contributed by atoms with E-state index in [0.717, 1.165) is 45.4 Å². The van der Waals surface area contributed by atoms with E-state index in [1.165, 1.54) is 0 Å². The van der Waals surface area contributed by atoms with Gasteiger partial charge in [-0.05, 0) is 45.3 Å². The Kier molecular flexibility index (Phi) is 3.26. The van der Waals surface area contributed by atoms with Crippen molar-refractivity contribution in [1.82, 2.24) is 9.80 Å². The van der Waals surface area contributed by atoms with Crippen LogP contribution in [-0.2, 0) is 4.79 Å². The third-order valence-electron chi connectivity index (χ3n) is 3.75. The van der Waals surface area contributed by atoms with Gasteiger partial charge in [-0.3, -0.25) is 9.69 Å². The highest BCUT2D eigenvalue weighted by atomic mass is 16.4. The first kappa shape index (κ1) is 10.9. The molecule has 4 nitrogen and oxygen atoms in total. The predicted octanol–water partition coefficient (Wildman–Crippen LogP) is 0.487. The topological polar surface area (TPSA) is 43.8 Å². The quantitative estimate of drug-likeness (QED) is 0.739. The lowest BCUT2D eigenvalue weighted by atomic mass is 9.87. The average Bonchev–Trinajstić information content (AvgIpc) is 2.12. The predicted molar refractivity (Wildman–Crippen MR) is 57.8 cm³/mol. The van der Waals surface area contributed by atoms with E-state index in [1.807, 2.05) is 0 Å². The molecule has 0 bridgehead atoms. The van der Waals surface area contributed by atoms with Crippen molar-refractivity contribution in [2.24, 2.45) is 5.92 Å². The first-order chi connectivity index (χ1) is 7.18. The number of piperidine rings is 1. The Morgan fingerprint density at radius 2 is 1.87 bits per heavy atom. The Morgan fingerprint density at radius 3 is 2.27 bits per heavy atom. The van der Waals surface area contributed by atoms with Gasteiger partial charge in [0.05, 0.1) is 0 Å². The van der Waals surface area contributed by atoms with Crippen LogP contribution in [-0.4, -0.2) is 60.1 Å². The maximum absolute atomic E-state index is 11.3. The zero-order valence-electron chi connectivity index (χ0n) is 9.35. The van der Waals surface area contributed by atoms with Gasteiger partial charge in [0.25, 0.3) is 0 Å². The summed E-state index contributed by atoms with van der Waals surface area (Å²) in [6.07, 6.45) is 3.23. The zero-order chi connectivity index (χ0) is 10.8. The van der Waals surface area contributed by atoms with Crippen LogP contribution in [0.15, 0.2) is 0 Å². The lowest BCUT2D eigenvalue weighted by Crippen LogP contribution is -2.54. The maximum Gasteiger partial charge on any atom is 0.321 e. The minimum absolute atomic E-state index is 0.215. The van der Waals surface area contributed by atoms with Crippen LogP contribution in [0.4, 0.5) is 0 Å². The summed E-state index contributed by atoms with van der Waals surface area (Å²) in [6, 6.07) is -0.215. The van der Waals surface area contributed by atoms with Crippen LogP contribution in [0.2, 0.25) is 0 Å². The van der Waals surface area contributed by atoms with Crippen molar-refractivity contribution >= 4 is 5.97 Å². The van der Waals surface area contributed by atoms with Crippen LogP contribution in [0.1, 0.15) is 19.3 Å². The maximum atomic E-state index is 11.3. The van der Waals surface area contributed by atoms with Gasteiger partial charge in [0.15, 0.2) is 0 Å². The lowest BCUT2D eigenvalue weighted by molar-refractivity contribution is -0.148. The first-order valence-corrected chi connectivity index (χ1v) is 5.84. The van der Waals surface area contributed by atoms with Crippen LogP contribution in [0, 0.1) is 5.92 Å². The van der Waals surface area contributed by atoms with Gasteiger partial charge in [-0.15, -0.1) is 0 Å². The number of carbonyl (C=O) groups is 1. The highest BCUT2D eigenvalue weighted by molar-refractivity contribution is 5.74. The molecule has 2 saturated heterocycles. The summed E-state index contributed by atoms with van der Waals surface area (Å²) in [5.41, 5.74) is 0. The summed E-state index contributed by atoms with van der Waals surface area (Å²) >= 11 is 0. The molecule has 2 rings (SSSR count). The second-order valence-corrected chi connectivity index (χ2v) is 4.81. The SMILES string of the molecule is CN1CCC(C(C(=O)O)N2CCC2)CC1. The summed E-state index contributed by atoms with van der Waals surface area (Å²) < 4.78 is 0. The van der Waals surface area contributed by atoms with Crippen molar-refractivity contribution in [3.8, 4) is 0 Å². The average molecular weight is 212 g/mol. The van der Waals surface area contributed by atoms with Gasteiger partial charge in [-0.25, -0.2) is 0 Å². The van der Waals surface area contributed by atoms with E-state index >= 15 is 0 Å². The molecule has 0 spiro atoms. The van der Waals surface area contributed by atoms with Crippen LogP contribution < -0.4 is 0 Å². The minimum Gasteiger partial charge on any atom is -0.480 e. The monoisotopic (exact) mass is 212 g/mol. The molecule has 1 N–H and O–H groups in total. The van der Waals surface area contributed by atoms with Crippen LogP contribution in [0.25, 0.3) is 0 Å². The number of likely N-dealkylation sites (tertiary alicyclic amines) is 2. The summed E-state index contributed by atoms with van der Waals surface area (Å²) in [4.78, 5) is 15.7. The van der Waals surface area contributed by atoms with Crippen molar-refractivity contribution in [2.45, 2.75) is 25.3 Å². The van der Waals surface area contributed by atoms with E-state index in [4.69, 9.17) is 0 Å². The van der Waals surface area contributed by atoms with Crippen LogP contribution in [0.3, 0.4) is 0 Å². The molecule has 0 aromatic heterocycles. The molecule has 1 atom stereocenters. The fourth-order valence-corrected chi connectivity index (χ4v) is 2.62. The number of hydrogen-bond donors (Lipinski definition) is 1. The van der Waals surface area contributed by atoms with Crippen molar-refractivity contribution in [3.05, 3.63) is 0 Å². The minimum atomic E-state index is -0.621. The Balaban J connectivity index is 1.95. The fraction of sp³-hybridized carbons (Fsp3) is 0.909. The number of carboxylic acids is 1. The second-order valence-electron chi connectivity index (χ2n) is 4.81. The highest BCUT2D eigenvalue weighted by Gasteiger charge is 2.37. The molecule has 4 heteroatoms. The molecule has 2 fully saturated rings. The molecule has 1 unspecified atom stereocenters. The van der Waals surface area contributed by atoms with Crippen LogP contribution in [0.5, 0.6) is 0 Å². The van der Waals surface area contributed by atoms with Gasteiger partial charge in [-0.2, -0.15) is 0 Å². The normalized spacial score (nSPS) is 27.3. The van der Waals surface area contributed by atoms with Crippen molar-refractivity contribution in [2.75, 3.05) is 33.2 Å². The number of aliphatic carboxylic acids is 1. The molecular weight excluding hydrogens is 192 g/mol. The third-order valence-corrected chi connectivity index (χ3v) is 3.75. The molecule has 86 valence electrons. The summed E-state index contributed by atoms with van der Waals surface area (Å²) in [5.74, 6) is -0.261. The van der Waals surface area contributed by atoms with Gasteiger partial charge in [0.2, 0.25) is 0 Å².